The molecule has 3 nitrogen and oxygen atoms in total. The van der Waals surface area contributed by atoms with Crippen LogP contribution >= 0.6 is 23.6 Å². The molecule has 1 N–H and O–H groups in total. The first kappa shape index (κ1) is 7.57. The number of rotatable bonds is 1. The first-order valence-electron chi connectivity index (χ1n) is 3.23. The maximum Gasteiger partial charge on any atom is 0.159 e. The molecule has 2 aromatic heterocycles. The van der Waals surface area contributed by atoms with Crippen LogP contribution in [0, 0.1) is 3.95 Å². The molecule has 0 aliphatic heterocycles. The molecule has 0 fully saturated rings. The van der Waals surface area contributed by atoms with Gasteiger partial charge in [-0.3, -0.25) is 9.78 Å². The summed E-state index contributed by atoms with van der Waals surface area (Å²) in [5, 5.41) is 0. The maximum atomic E-state index is 10.5. The van der Waals surface area contributed by atoms with Gasteiger partial charge in [-0.05, 0) is 12.2 Å². The van der Waals surface area contributed by atoms with Crippen LogP contribution in [0.3, 0.4) is 0 Å². The number of aldehydes is 1. The molecule has 2 heterocycles. The van der Waals surface area contributed by atoms with Crippen LogP contribution in [0.1, 0.15) is 10.4 Å². The average molecular weight is 196 g/mol. The summed E-state index contributed by atoms with van der Waals surface area (Å²) in [7, 11) is 0. The number of thiazole rings is 1. The molecule has 0 saturated carbocycles. The number of carbonyl (C=O) groups excluding carboxylic acids is 1. The quantitative estimate of drug-likeness (QED) is 0.561. The predicted octanol–water partition coefficient (Wildman–Crippen LogP) is 2.17. The summed E-state index contributed by atoms with van der Waals surface area (Å²) in [5.41, 5.74) is 1.42. The highest BCUT2D eigenvalue weighted by molar-refractivity contribution is 7.73. The second kappa shape index (κ2) is 2.76. The molecule has 0 spiro atoms. The van der Waals surface area contributed by atoms with E-state index in [0.717, 1.165) is 16.5 Å². The summed E-state index contributed by atoms with van der Waals surface area (Å²) >= 11 is 6.33. The fourth-order valence-electron chi connectivity index (χ4n) is 0.980. The monoisotopic (exact) mass is 196 g/mol. The van der Waals surface area contributed by atoms with Gasteiger partial charge in [0.05, 0.1) is 22.0 Å². The molecule has 12 heavy (non-hydrogen) atoms. The van der Waals surface area contributed by atoms with Crippen LogP contribution in [-0.4, -0.2) is 16.3 Å². The van der Waals surface area contributed by atoms with Gasteiger partial charge in [0, 0.05) is 6.20 Å². The lowest BCUT2D eigenvalue weighted by molar-refractivity contribution is 0.112. The fourth-order valence-corrected chi connectivity index (χ4v) is 2.12. The molecule has 60 valence electrons. The van der Waals surface area contributed by atoms with Crippen molar-refractivity contribution in [1.29, 1.82) is 0 Å². The SMILES string of the molecule is O=Cc1cncc2[nH]c(=S)sc12. The zero-order valence-corrected chi connectivity index (χ0v) is 7.54. The minimum absolute atomic E-state index is 0.588. The lowest BCUT2D eigenvalue weighted by atomic mass is 10.3. The molecule has 5 heteroatoms. The molecule has 2 rings (SSSR count). The van der Waals surface area contributed by atoms with Gasteiger partial charge in [-0.1, -0.05) is 0 Å². The van der Waals surface area contributed by atoms with Crippen molar-refractivity contribution in [1.82, 2.24) is 9.97 Å². The minimum Gasteiger partial charge on any atom is -0.336 e. The van der Waals surface area contributed by atoms with E-state index in [1.54, 1.807) is 6.20 Å². The van der Waals surface area contributed by atoms with Gasteiger partial charge in [-0.25, -0.2) is 0 Å². The number of hydrogen-bond acceptors (Lipinski definition) is 4. The number of aromatic nitrogens is 2. The summed E-state index contributed by atoms with van der Waals surface area (Å²) in [6.45, 7) is 0. The number of pyridine rings is 1. The van der Waals surface area contributed by atoms with E-state index in [1.807, 2.05) is 0 Å². The highest BCUT2D eigenvalue weighted by Gasteiger charge is 2.02. The number of carbonyl (C=O) groups is 1. The van der Waals surface area contributed by atoms with Gasteiger partial charge in [-0.15, -0.1) is 11.3 Å². The molecule has 0 aromatic carbocycles. The van der Waals surface area contributed by atoms with Crippen molar-refractivity contribution >= 4 is 40.1 Å². The van der Waals surface area contributed by atoms with E-state index in [9.17, 15) is 4.79 Å². The van der Waals surface area contributed by atoms with Crippen molar-refractivity contribution in [2.75, 3.05) is 0 Å². The van der Waals surface area contributed by atoms with Gasteiger partial charge in [0.2, 0.25) is 0 Å². The third-order valence-corrected chi connectivity index (χ3v) is 2.78. The Labute approximate surface area is 77.1 Å². The Morgan fingerprint density at radius 3 is 3.17 bits per heavy atom. The Bertz CT molecular complexity index is 485. The van der Waals surface area contributed by atoms with Gasteiger partial charge < -0.3 is 4.98 Å². The smallest absolute Gasteiger partial charge is 0.159 e. The molecular weight excluding hydrogens is 192 g/mol. The van der Waals surface area contributed by atoms with Gasteiger partial charge in [0.15, 0.2) is 10.2 Å². The highest BCUT2D eigenvalue weighted by Crippen LogP contribution is 2.20. The second-order valence-electron chi connectivity index (χ2n) is 2.24. The summed E-state index contributed by atoms with van der Waals surface area (Å²) in [6, 6.07) is 0. The second-order valence-corrected chi connectivity index (χ2v) is 3.93. The van der Waals surface area contributed by atoms with E-state index < -0.39 is 0 Å². The lowest BCUT2D eigenvalue weighted by Crippen LogP contribution is -1.81. The van der Waals surface area contributed by atoms with E-state index >= 15 is 0 Å². The summed E-state index contributed by atoms with van der Waals surface area (Å²) in [4.78, 5) is 17.4. The Morgan fingerprint density at radius 1 is 1.58 bits per heavy atom. The van der Waals surface area contributed by atoms with Crippen LogP contribution in [0.5, 0.6) is 0 Å². The van der Waals surface area contributed by atoms with Gasteiger partial charge in [0.1, 0.15) is 0 Å². The van der Waals surface area contributed by atoms with Crippen molar-refractivity contribution in [3.63, 3.8) is 0 Å². The van der Waals surface area contributed by atoms with E-state index in [4.69, 9.17) is 12.2 Å². The molecule has 0 atom stereocenters. The third kappa shape index (κ3) is 1.07. The molecular formula is C7H4N2OS2. The molecule has 0 bridgehead atoms. The van der Waals surface area contributed by atoms with Crippen molar-refractivity contribution in [3.8, 4) is 0 Å². The maximum absolute atomic E-state index is 10.5. The summed E-state index contributed by atoms with van der Waals surface area (Å²) < 4.78 is 1.55. The number of aromatic amines is 1. The van der Waals surface area contributed by atoms with Crippen LogP contribution < -0.4 is 0 Å². The number of H-pyrrole nitrogens is 1. The van der Waals surface area contributed by atoms with Gasteiger partial charge >= 0.3 is 0 Å². The first-order valence-corrected chi connectivity index (χ1v) is 4.46. The molecule has 2 aromatic rings. The molecule has 0 aliphatic carbocycles. The van der Waals surface area contributed by atoms with E-state index in [-0.39, 0.29) is 0 Å². The zero-order chi connectivity index (χ0) is 8.55. The number of nitrogens with one attached hydrogen (secondary N) is 1. The van der Waals surface area contributed by atoms with E-state index in [1.165, 1.54) is 17.5 Å². The van der Waals surface area contributed by atoms with Gasteiger partial charge in [0.25, 0.3) is 0 Å². The normalized spacial score (nSPS) is 10.3. The van der Waals surface area contributed by atoms with Crippen LogP contribution in [0.4, 0.5) is 0 Å². The molecule has 0 unspecified atom stereocenters. The first-order chi connectivity index (χ1) is 5.81. The largest absolute Gasteiger partial charge is 0.336 e. The zero-order valence-electron chi connectivity index (χ0n) is 5.90. The summed E-state index contributed by atoms with van der Waals surface area (Å²) in [5.74, 6) is 0. The van der Waals surface area contributed by atoms with Crippen LogP contribution in [-0.2, 0) is 0 Å². The Kier molecular flexibility index (Phi) is 1.74. The third-order valence-electron chi connectivity index (χ3n) is 1.48. The van der Waals surface area contributed by atoms with Gasteiger partial charge in [-0.2, -0.15) is 0 Å². The highest BCUT2D eigenvalue weighted by atomic mass is 32.1. The van der Waals surface area contributed by atoms with E-state index in [0.29, 0.717) is 9.52 Å². The fraction of sp³-hybridized carbons (Fsp3) is 0. The van der Waals surface area contributed by atoms with Crippen LogP contribution in [0.2, 0.25) is 0 Å². The number of fused-ring (bicyclic) bond motifs is 1. The predicted molar refractivity (Wildman–Crippen MR) is 50.2 cm³/mol. The van der Waals surface area contributed by atoms with Crippen molar-refractivity contribution < 1.29 is 4.79 Å². The molecule has 0 amide bonds. The Morgan fingerprint density at radius 2 is 2.42 bits per heavy atom. The Balaban J connectivity index is 2.96. The molecule has 0 radical (unpaired) electrons. The standard InChI is InChI=1S/C7H4N2OS2/c10-3-4-1-8-2-5-6(4)12-7(11)9-5/h1-3H,(H,9,11). The number of nitrogens with zero attached hydrogens (tertiary/aromatic N) is 1. The van der Waals surface area contributed by atoms with Crippen LogP contribution in [0.15, 0.2) is 12.4 Å². The van der Waals surface area contributed by atoms with E-state index in [2.05, 4.69) is 9.97 Å². The Hall–Kier alpha value is -1.07. The molecule has 0 saturated heterocycles. The average Bonchev–Trinajstić information content (AvgIpc) is 2.44. The number of hydrogen-bond donors (Lipinski definition) is 1. The summed E-state index contributed by atoms with van der Waals surface area (Å²) in [6.07, 6.45) is 3.98. The van der Waals surface area contributed by atoms with Crippen LogP contribution in [0.25, 0.3) is 10.2 Å². The van der Waals surface area contributed by atoms with Crippen molar-refractivity contribution in [2.45, 2.75) is 0 Å². The lowest BCUT2D eigenvalue weighted by Gasteiger charge is -1.89. The van der Waals surface area contributed by atoms with Crippen molar-refractivity contribution in [2.24, 2.45) is 0 Å². The minimum atomic E-state index is 0.588. The topological polar surface area (TPSA) is 45.8 Å². The van der Waals surface area contributed by atoms with Crippen molar-refractivity contribution in [3.05, 3.63) is 21.9 Å². The molecule has 0 aliphatic rings.